The molecule has 0 bridgehead atoms. The first kappa shape index (κ1) is 14.8. The molecule has 2 rings (SSSR count). The van der Waals surface area contributed by atoms with E-state index in [0.29, 0.717) is 19.6 Å². The SMILES string of the molecule is CC1(C)CNCCN1CCCC(=O)N1CCOCC1. The molecule has 0 spiro atoms. The van der Waals surface area contributed by atoms with Crippen LogP contribution in [0.1, 0.15) is 26.7 Å². The van der Waals surface area contributed by atoms with Gasteiger partial charge in [-0.05, 0) is 26.8 Å². The summed E-state index contributed by atoms with van der Waals surface area (Å²) in [5.74, 6) is 0.288. The summed E-state index contributed by atoms with van der Waals surface area (Å²) in [5, 5.41) is 3.43. The maximum absolute atomic E-state index is 12.0. The average Bonchev–Trinajstić information content (AvgIpc) is 2.41. The number of nitrogens with one attached hydrogen (secondary N) is 1. The molecule has 2 saturated heterocycles. The van der Waals surface area contributed by atoms with Crippen LogP contribution in [0.4, 0.5) is 0 Å². The van der Waals surface area contributed by atoms with Crippen LogP contribution in [0.25, 0.3) is 0 Å². The second-order valence-electron chi connectivity index (χ2n) is 6.07. The summed E-state index contributed by atoms with van der Waals surface area (Å²) in [6.45, 7) is 11.6. The van der Waals surface area contributed by atoms with Gasteiger partial charge in [0, 0.05) is 44.7 Å². The zero-order valence-corrected chi connectivity index (χ0v) is 12.3. The highest BCUT2D eigenvalue weighted by atomic mass is 16.5. The standard InChI is InChI=1S/C14H27N3O2/c1-14(2)12-15-5-7-17(14)6-3-4-13(18)16-8-10-19-11-9-16/h15H,3-12H2,1-2H3. The molecule has 0 atom stereocenters. The first-order valence-corrected chi connectivity index (χ1v) is 7.41. The number of carbonyl (C=O) groups is 1. The summed E-state index contributed by atoms with van der Waals surface area (Å²) in [5.41, 5.74) is 0.209. The van der Waals surface area contributed by atoms with Gasteiger partial charge in [-0.2, -0.15) is 0 Å². The molecule has 0 aliphatic carbocycles. The summed E-state index contributed by atoms with van der Waals surface area (Å²) in [7, 11) is 0. The van der Waals surface area contributed by atoms with Gasteiger partial charge in [-0.1, -0.05) is 0 Å². The van der Waals surface area contributed by atoms with Crippen molar-refractivity contribution in [2.45, 2.75) is 32.2 Å². The van der Waals surface area contributed by atoms with Crippen molar-refractivity contribution in [1.82, 2.24) is 15.1 Å². The van der Waals surface area contributed by atoms with Gasteiger partial charge < -0.3 is 15.0 Å². The van der Waals surface area contributed by atoms with E-state index in [-0.39, 0.29) is 11.4 Å². The van der Waals surface area contributed by atoms with Crippen molar-refractivity contribution in [2.24, 2.45) is 0 Å². The summed E-state index contributed by atoms with van der Waals surface area (Å²) >= 11 is 0. The summed E-state index contributed by atoms with van der Waals surface area (Å²) in [6.07, 6.45) is 1.62. The lowest BCUT2D eigenvalue weighted by Gasteiger charge is -2.43. The Bertz CT molecular complexity index is 301. The second kappa shape index (κ2) is 6.68. The van der Waals surface area contributed by atoms with Crippen molar-refractivity contribution in [3.8, 4) is 0 Å². The maximum Gasteiger partial charge on any atom is 0.222 e. The Labute approximate surface area is 116 Å². The highest BCUT2D eigenvalue weighted by molar-refractivity contribution is 5.76. The largest absolute Gasteiger partial charge is 0.378 e. The molecule has 0 saturated carbocycles. The predicted molar refractivity (Wildman–Crippen MR) is 75.2 cm³/mol. The lowest BCUT2D eigenvalue weighted by atomic mass is 10.00. The van der Waals surface area contributed by atoms with E-state index < -0.39 is 0 Å². The third-order valence-corrected chi connectivity index (χ3v) is 4.15. The smallest absolute Gasteiger partial charge is 0.222 e. The number of piperazine rings is 1. The topological polar surface area (TPSA) is 44.8 Å². The van der Waals surface area contributed by atoms with Crippen molar-refractivity contribution >= 4 is 5.91 Å². The van der Waals surface area contributed by atoms with Crippen LogP contribution in [0.15, 0.2) is 0 Å². The molecule has 0 unspecified atom stereocenters. The number of hydrogen-bond donors (Lipinski definition) is 1. The van der Waals surface area contributed by atoms with Crippen molar-refractivity contribution in [1.29, 1.82) is 0 Å². The Morgan fingerprint density at radius 2 is 2.00 bits per heavy atom. The van der Waals surface area contributed by atoms with E-state index in [1.165, 1.54) is 0 Å². The molecule has 0 aromatic carbocycles. The third kappa shape index (κ3) is 4.16. The molecular weight excluding hydrogens is 242 g/mol. The fourth-order valence-electron chi connectivity index (χ4n) is 2.83. The zero-order chi connectivity index (χ0) is 13.7. The Morgan fingerprint density at radius 3 is 2.68 bits per heavy atom. The molecule has 2 aliphatic rings. The molecule has 19 heavy (non-hydrogen) atoms. The number of morpholine rings is 1. The fraction of sp³-hybridized carbons (Fsp3) is 0.929. The van der Waals surface area contributed by atoms with Crippen LogP contribution >= 0.6 is 0 Å². The number of ether oxygens (including phenoxy) is 1. The van der Waals surface area contributed by atoms with E-state index in [1.54, 1.807) is 0 Å². The van der Waals surface area contributed by atoms with Gasteiger partial charge in [-0.25, -0.2) is 0 Å². The lowest BCUT2D eigenvalue weighted by molar-refractivity contribution is -0.135. The van der Waals surface area contributed by atoms with E-state index in [1.807, 2.05) is 4.90 Å². The molecule has 5 heteroatoms. The van der Waals surface area contributed by atoms with Gasteiger partial charge >= 0.3 is 0 Å². The Balaban J connectivity index is 1.69. The maximum atomic E-state index is 12.0. The second-order valence-corrected chi connectivity index (χ2v) is 6.07. The molecule has 0 aromatic rings. The number of carbonyl (C=O) groups excluding carboxylic acids is 1. The van der Waals surface area contributed by atoms with Gasteiger partial charge in [0.25, 0.3) is 0 Å². The van der Waals surface area contributed by atoms with Crippen molar-refractivity contribution < 1.29 is 9.53 Å². The highest BCUT2D eigenvalue weighted by Crippen LogP contribution is 2.17. The van der Waals surface area contributed by atoms with Crippen molar-refractivity contribution in [2.75, 3.05) is 52.5 Å². The molecule has 2 fully saturated rings. The molecule has 0 radical (unpaired) electrons. The molecule has 2 heterocycles. The summed E-state index contributed by atoms with van der Waals surface area (Å²) < 4.78 is 5.27. The molecule has 0 aromatic heterocycles. The van der Waals surface area contributed by atoms with E-state index >= 15 is 0 Å². The van der Waals surface area contributed by atoms with Crippen LogP contribution in [0.2, 0.25) is 0 Å². The van der Waals surface area contributed by atoms with E-state index in [9.17, 15) is 4.79 Å². The van der Waals surface area contributed by atoms with E-state index in [4.69, 9.17) is 4.74 Å². The number of nitrogens with zero attached hydrogens (tertiary/aromatic N) is 2. The van der Waals surface area contributed by atoms with Crippen LogP contribution in [-0.2, 0) is 9.53 Å². The van der Waals surface area contributed by atoms with Gasteiger partial charge in [0.05, 0.1) is 13.2 Å². The Morgan fingerprint density at radius 1 is 1.26 bits per heavy atom. The third-order valence-electron chi connectivity index (χ3n) is 4.15. The molecule has 1 amide bonds. The van der Waals surface area contributed by atoms with Crippen LogP contribution in [-0.4, -0.2) is 73.7 Å². The number of amides is 1. The quantitative estimate of drug-likeness (QED) is 0.798. The normalized spacial score (nSPS) is 24.4. The lowest BCUT2D eigenvalue weighted by Crippen LogP contribution is -2.58. The van der Waals surface area contributed by atoms with Gasteiger partial charge in [0.15, 0.2) is 0 Å². The molecule has 5 nitrogen and oxygen atoms in total. The van der Waals surface area contributed by atoms with E-state index in [2.05, 4.69) is 24.1 Å². The predicted octanol–water partition coefficient (Wildman–Crippen LogP) is 0.309. The van der Waals surface area contributed by atoms with Crippen LogP contribution in [0.3, 0.4) is 0 Å². The first-order valence-electron chi connectivity index (χ1n) is 7.41. The molecule has 1 N–H and O–H groups in total. The van der Waals surface area contributed by atoms with E-state index in [0.717, 1.165) is 45.7 Å². The van der Waals surface area contributed by atoms with Gasteiger partial charge in [0.2, 0.25) is 5.91 Å². The van der Waals surface area contributed by atoms with Crippen molar-refractivity contribution in [3.63, 3.8) is 0 Å². The highest BCUT2D eigenvalue weighted by Gasteiger charge is 2.29. The molecule has 2 aliphatic heterocycles. The van der Waals surface area contributed by atoms with Crippen LogP contribution in [0, 0.1) is 0 Å². The fourth-order valence-corrected chi connectivity index (χ4v) is 2.83. The Hall–Kier alpha value is -0.650. The minimum atomic E-state index is 0.209. The summed E-state index contributed by atoms with van der Waals surface area (Å²) in [4.78, 5) is 16.5. The minimum Gasteiger partial charge on any atom is -0.378 e. The van der Waals surface area contributed by atoms with Gasteiger partial charge in [0.1, 0.15) is 0 Å². The summed E-state index contributed by atoms with van der Waals surface area (Å²) in [6, 6.07) is 0. The van der Waals surface area contributed by atoms with Gasteiger partial charge in [-0.15, -0.1) is 0 Å². The monoisotopic (exact) mass is 269 g/mol. The molecular formula is C14H27N3O2. The zero-order valence-electron chi connectivity index (χ0n) is 12.3. The first-order chi connectivity index (χ1) is 9.09. The number of rotatable bonds is 4. The Kier molecular flexibility index (Phi) is 5.19. The van der Waals surface area contributed by atoms with Crippen molar-refractivity contribution in [3.05, 3.63) is 0 Å². The minimum absolute atomic E-state index is 0.209. The molecule has 110 valence electrons. The van der Waals surface area contributed by atoms with Gasteiger partial charge in [-0.3, -0.25) is 9.69 Å². The average molecular weight is 269 g/mol. The van der Waals surface area contributed by atoms with Crippen LogP contribution in [0.5, 0.6) is 0 Å². The number of hydrogen-bond acceptors (Lipinski definition) is 4. The van der Waals surface area contributed by atoms with Crippen LogP contribution < -0.4 is 5.32 Å².